The standard InChI is InChI=1S/C26H22ClN3/c1-19-23(24(27)26(28-2)22-16-10-5-11-17-22)25(21-14-8-4-9-15-21)29-30(19)18-20-12-6-3-7-13-20/h3-17H,1,18H2,2H3/b24-23-,28-26?. The van der Waals surface area contributed by atoms with Crippen LogP contribution >= 0.6 is 11.6 Å². The van der Waals surface area contributed by atoms with Gasteiger partial charge in [0.1, 0.15) is 5.69 Å². The molecule has 0 unspecified atom stereocenters. The number of halogens is 1. The lowest BCUT2D eigenvalue weighted by molar-refractivity contribution is 0.669. The third-order valence-electron chi connectivity index (χ3n) is 4.98. The van der Waals surface area contributed by atoms with Crippen LogP contribution in [-0.2, 0) is 6.54 Å². The molecule has 0 aliphatic heterocycles. The molecule has 0 N–H and O–H groups in total. The number of hydrogen-bond acceptors (Lipinski definition) is 2. The van der Waals surface area contributed by atoms with E-state index in [-0.39, 0.29) is 0 Å². The van der Waals surface area contributed by atoms with E-state index in [1.807, 2.05) is 83.5 Å². The quantitative estimate of drug-likeness (QED) is 0.445. The molecule has 3 nitrogen and oxygen atoms in total. The van der Waals surface area contributed by atoms with E-state index in [0.29, 0.717) is 11.6 Å². The van der Waals surface area contributed by atoms with Gasteiger partial charge in [0, 0.05) is 23.4 Å². The second kappa shape index (κ2) is 8.93. The zero-order valence-electron chi connectivity index (χ0n) is 16.8. The summed E-state index contributed by atoms with van der Waals surface area (Å²) in [5.74, 6) is 0. The zero-order chi connectivity index (χ0) is 20.9. The summed E-state index contributed by atoms with van der Waals surface area (Å²) in [4.78, 5) is 4.49. The van der Waals surface area contributed by atoms with Crippen molar-refractivity contribution in [3.05, 3.63) is 113 Å². The molecule has 0 aliphatic rings. The van der Waals surface area contributed by atoms with Crippen LogP contribution in [0.4, 0.5) is 0 Å². The predicted molar refractivity (Wildman–Crippen MR) is 126 cm³/mol. The lowest BCUT2D eigenvalue weighted by Crippen LogP contribution is -2.31. The molecule has 0 bridgehead atoms. The van der Waals surface area contributed by atoms with Crippen LogP contribution in [0.15, 0.2) is 96.0 Å². The van der Waals surface area contributed by atoms with E-state index in [9.17, 15) is 0 Å². The van der Waals surface area contributed by atoms with Crippen molar-refractivity contribution in [1.82, 2.24) is 9.78 Å². The van der Waals surface area contributed by atoms with E-state index < -0.39 is 0 Å². The lowest BCUT2D eigenvalue weighted by atomic mass is 10.1. The molecule has 3 aromatic carbocycles. The summed E-state index contributed by atoms with van der Waals surface area (Å²) >= 11 is 6.98. The Hall–Kier alpha value is -3.43. The first-order chi connectivity index (χ1) is 14.7. The first-order valence-corrected chi connectivity index (χ1v) is 10.1. The van der Waals surface area contributed by atoms with Gasteiger partial charge in [-0.2, -0.15) is 5.10 Å². The summed E-state index contributed by atoms with van der Waals surface area (Å²) in [5.41, 5.74) is 4.63. The number of benzene rings is 3. The highest BCUT2D eigenvalue weighted by Crippen LogP contribution is 2.17. The minimum Gasteiger partial charge on any atom is -0.286 e. The summed E-state index contributed by atoms with van der Waals surface area (Å²) in [6.07, 6.45) is 0. The number of hydrogen-bond donors (Lipinski definition) is 0. The fraction of sp³-hybridized carbons (Fsp3) is 0.0769. The van der Waals surface area contributed by atoms with E-state index in [2.05, 4.69) is 23.7 Å². The van der Waals surface area contributed by atoms with Crippen molar-refractivity contribution in [2.45, 2.75) is 6.54 Å². The molecular formula is C26H22ClN3. The topological polar surface area (TPSA) is 30.2 Å². The normalized spacial score (nSPS) is 12.7. The van der Waals surface area contributed by atoms with Gasteiger partial charge in [0.05, 0.1) is 22.6 Å². The van der Waals surface area contributed by atoms with E-state index in [1.54, 1.807) is 7.05 Å². The maximum absolute atomic E-state index is 6.98. The highest BCUT2D eigenvalue weighted by molar-refractivity contribution is 6.64. The molecule has 1 aromatic heterocycles. The van der Waals surface area contributed by atoms with Crippen LogP contribution in [0.2, 0.25) is 0 Å². The molecule has 4 aromatic rings. The molecule has 0 spiro atoms. The van der Waals surface area contributed by atoms with Crippen LogP contribution in [0.3, 0.4) is 0 Å². The lowest BCUT2D eigenvalue weighted by Gasteiger charge is -2.05. The Morgan fingerprint density at radius 3 is 2.07 bits per heavy atom. The zero-order valence-corrected chi connectivity index (χ0v) is 17.6. The summed E-state index contributed by atoms with van der Waals surface area (Å²) in [6.45, 7) is 4.95. The van der Waals surface area contributed by atoms with Crippen LogP contribution in [0.1, 0.15) is 11.1 Å². The minimum atomic E-state index is 0.548. The largest absolute Gasteiger partial charge is 0.286 e. The predicted octanol–water partition coefficient (Wildman–Crippen LogP) is 4.47. The first-order valence-electron chi connectivity index (χ1n) is 9.76. The Labute approximate surface area is 181 Å². The molecule has 4 rings (SSSR count). The first kappa shape index (κ1) is 19.9. The highest BCUT2D eigenvalue weighted by Gasteiger charge is 2.16. The Bertz CT molecular complexity index is 1270. The average molecular weight is 412 g/mol. The molecule has 4 heteroatoms. The van der Waals surface area contributed by atoms with Crippen molar-refractivity contribution in [2.75, 3.05) is 7.05 Å². The smallest absolute Gasteiger partial charge is 0.102 e. The number of aliphatic imine (C=N–C) groups is 1. The molecule has 0 fully saturated rings. The molecule has 1 heterocycles. The third kappa shape index (κ3) is 3.98. The van der Waals surface area contributed by atoms with E-state index in [1.165, 1.54) is 0 Å². The molecule has 30 heavy (non-hydrogen) atoms. The van der Waals surface area contributed by atoms with Crippen molar-refractivity contribution in [2.24, 2.45) is 4.99 Å². The highest BCUT2D eigenvalue weighted by atomic mass is 35.5. The number of nitrogens with zero attached hydrogens (tertiary/aromatic N) is 3. The Balaban J connectivity index is 1.95. The van der Waals surface area contributed by atoms with Gasteiger partial charge in [0.2, 0.25) is 0 Å². The summed E-state index contributed by atoms with van der Waals surface area (Å²) in [5, 5.41) is 7.02. The Kier molecular flexibility index (Phi) is 5.92. The molecular weight excluding hydrogens is 390 g/mol. The summed E-state index contributed by atoms with van der Waals surface area (Å²) in [6, 6.07) is 30.2. The fourth-order valence-corrected chi connectivity index (χ4v) is 3.87. The third-order valence-corrected chi connectivity index (χ3v) is 5.35. The van der Waals surface area contributed by atoms with Gasteiger partial charge in [-0.15, -0.1) is 0 Å². The van der Waals surface area contributed by atoms with Crippen LogP contribution < -0.4 is 10.6 Å². The average Bonchev–Trinajstić information content (AvgIpc) is 3.12. The van der Waals surface area contributed by atoms with Gasteiger partial charge < -0.3 is 0 Å². The van der Waals surface area contributed by atoms with Crippen LogP contribution in [0.5, 0.6) is 0 Å². The van der Waals surface area contributed by atoms with Crippen molar-refractivity contribution in [1.29, 1.82) is 0 Å². The Morgan fingerprint density at radius 1 is 0.900 bits per heavy atom. The van der Waals surface area contributed by atoms with Crippen molar-refractivity contribution in [3.63, 3.8) is 0 Å². The summed E-state index contributed by atoms with van der Waals surface area (Å²) in [7, 11) is 1.75. The van der Waals surface area contributed by atoms with Gasteiger partial charge in [0.15, 0.2) is 0 Å². The molecule has 0 amide bonds. The molecule has 0 atom stereocenters. The van der Waals surface area contributed by atoms with Gasteiger partial charge in [-0.3, -0.25) is 9.67 Å². The second-order valence-electron chi connectivity index (χ2n) is 6.93. The van der Waals surface area contributed by atoms with E-state index >= 15 is 0 Å². The molecule has 148 valence electrons. The Morgan fingerprint density at radius 2 is 1.47 bits per heavy atom. The van der Waals surface area contributed by atoms with Crippen LogP contribution in [0.25, 0.3) is 22.9 Å². The maximum Gasteiger partial charge on any atom is 0.102 e. The van der Waals surface area contributed by atoms with Crippen LogP contribution in [-0.4, -0.2) is 22.5 Å². The maximum atomic E-state index is 6.98. The fourth-order valence-electron chi connectivity index (χ4n) is 3.48. The van der Waals surface area contributed by atoms with Gasteiger partial charge in [-0.25, -0.2) is 0 Å². The van der Waals surface area contributed by atoms with Crippen LogP contribution in [0, 0.1) is 0 Å². The monoisotopic (exact) mass is 411 g/mol. The SMILES string of the molecule is C=c1/c(=C(/Cl)C(=NC)c2ccccc2)c(-c2ccccc2)nn1Cc1ccccc1. The van der Waals surface area contributed by atoms with Gasteiger partial charge >= 0.3 is 0 Å². The molecule has 0 saturated carbocycles. The molecule has 0 radical (unpaired) electrons. The second-order valence-corrected chi connectivity index (χ2v) is 7.31. The van der Waals surface area contributed by atoms with E-state index in [4.69, 9.17) is 16.7 Å². The molecule has 0 saturated heterocycles. The van der Waals surface area contributed by atoms with Gasteiger partial charge in [0.25, 0.3) is 0 Å². The van der Waals surface area contributed by atoms with Crippen molar-refractivity contribution >= 4 is 28.9 Å². The number of rotatable bonds is 5. The minimum absolute atomic E-state index is 0.548. The van der Waals surface area contributed by atoms with Crippen molar-refractivity contribution in [3.8, 4) is 11.3 Å². The van der Waals surface area contributed by atoms with Gasteiger partial charge in [-0.05, 0) is 5.56 Å². The summed E-state index contributed by atoms with van der Waals surface area (Å²) < 4.78 is 1.91. The van der Waals surface area contributed by atoms with Gasteiger partial charge in [-0.1, -0.05) is 109 Å². The number of aromatic nitrogens is 2. The van der Waals surface area contributed by atoms with E-state index in [0.717, 1.165) is 38.7 Å². The molecule has 0 aliphatic carbocycles. The van der Waals surface area contributed by atoms with Crippen molar-refractivity contribution < 1.29 is 0 Å².